The van der Waals surface area contributed by atoms with Crippen LogP contribution in [0.5, 0.6) is 0 Å². The maximum atomic E-state index is 2.27. The molecule has 3 aromatic carbocycles. The van der Waals surface area contributed by atoms with Gasteiger partial charge in [0, 0.05) is 0 Å². The van der Waals surface area contributed by atoms with Gasteiger partial charge in [-0.3, -0.25) is 0 Å². The summed E-state index contributed by atoms with van der Waals surface area (Å²) in [4.78, 5) is 0. The smallest absolute Gasteiger partial charge is 0.0175 e. The Morgan fingerprint density at radius 2 is 1.00 bits per heavy atom. The van der Waals surface area contributed by atoms with Crippen molar-refractivity contribution in [1.29, 1.82) is 0 Å². The first-order valence-corrected chi connectivity index (χ1v) is 5.64. The average Bonchev–Trinajstić information content (AvgIpc) is 2.28. The van der Waals surface area contributed by atoms with Gasteiger partial charge in [0.2, 0.25) is 0 Å². The quantitative estimate of drug-likeness (QED) is 0.471. The second-order valence-electron chi connectivity index (χ2n) is 4.48. The summed E-state index contributed by atoms with van der Waals surface area (Å²) < 4.78 is 0. The van der Waals surface area contributed by atoms with Gasteiger partial charge in [0.05, 0.1) is 0 Å². The zero-order valence-electron chi connectivity index (χ0n) is 9.62. The van der Waals surface area contributed by atoms with E-state index >= 15 is 0 Å². The molecule has 0 unspecified atom stereocenters. The first kappa shape index (κ1) is 9.41. The summed E-state index contributed by atoms with van der Waals surface area (Å²) in [6.07, 6.45) is 0. The van der Waals surface area contributed by atoms with E-state index in [1.165, 1.54) is 32.7 Å². The molecule has 0 N–H and O–H groups in total. The minimum Gasteiger partial charge on any atom is -0.0616 e. The van der Waals surface area contributed by atoms with Crippen molar-refractivity contribution in [1.82, 2.24) is 0 Å². The molecule has 16 heavy (non-hydrogen) atoms. The Balaban J connectivity index is 2.46. The van der Waals surface area contributed by atoms with Crippen molar-refractivity contribution < 1.29 is 0 Å². The molecule has 0 saturated carbocycles. The highest BCUT2D eigenvalue weighted by atomic mass is 14.0. The highest BCUT2D eigenvalue weighted by Gasteiger charge is 2.00. The van der Waals surface area contributed by atoms with Crippen LogP contribution in [0.4, 0.5) is 0 Å². The summed E-state index contributed by atoms with van der Waals surface area (Å²) in [6, 6.07) is 17.6. The molecular weight excluding hydrogens is 192 g/mol. The fourth-order valence-corrected chi connectivity index (χ4v) is 2.22. The Hall–Kier alpha value is -1.82. The number of fused-ring (bicyclic) bond motifs is 2. The molecule has 3 aromatic rings. The molecule has 0 heterocycles. The van der Waals surface area contributed by atoms with Crippen LogP contribution in [-0.2, 0) is 0 Å². The number of rotatable bonds is 0. The lowest BCUT2D eigenvalue weighted by Crippen LogP contribution is -1.82. The van der Waals surface area contributed by atoms with Gasteiger partial charge in [-0.05, 0) is 58.7 Å². The Labute approximate surface area is 95.5 Å². The molecule has 0 saturated heterocycles. The van der Waals surface area contributed by atoms with Gasteiger partial charge in [0.1, 0.15) is 0 Å². The average molecular weight is 206 g/mol. The first-order valence-electron chi connectivity index (χ1n) is 5.64. The van der Waals surface area contributed by atoms with Crippen molar-refractivity contribution >= 4 is 21.5 Å². The lowest BCUT2D eigenvalue weighted by atomic mass is 9.99. The second-order valence-corrected chi connectivity index (χ2v) is 4.48. The SMILES string of the molecule is Cc1cc2cc3ccccc3cc2cc1C. The van der Waals surface area contributed by atoms with E-state index in [0.717, 1.165) is 0 Å². The molecule has 3 rings (SSSR count). The molecule has 0 aliphatic rings. The van der Waals surface area contributed by atoms with Crippen LogP contribution in [0.3, 0.4) is 0 Å². The summed E-state index contributed by atoms with van der Waals surface area (Å²) in [7, 11) is 0. The van der Waals surface area contributed by atoms with E-state index in [2.05, 4.69) is 62.4 Å². The van der Waals surface area contributed by atoms with E-state index in [-0.39, 0.29) is 0 Å². The molecule has 0 bridgehead atoms. The summed E-state index contributed by atoms with van der Waals surface area (Å²) in [5.41, 5.74) is 2.73. The highest BCUT2D eigenvalue weighted by molar-refractivity contribution is 5.98. The summed E-state index contributed by atoms with van der Waals surface area (Å²) in [6.45, 7) is 4.34. The van der Waals surface area contributed by atoms with Crippen LogP contribution in [0.25, 0.3) is 21.5 Å². The summed E-state index contributed by atoms with van der Waals surface area (Å²) >= 11 is 0. The van der Waals surface area contributed by atoms with E-state index in [1.807, 2.05) is 0 Å². The van der Waals surface area contributed by atoms with Gasteiger partial charge in [-0.1, -0.05) is 36.4 Å². The van der Waals surface area contributed by atoms with E-state index in [9.17, 15) is 0 Å². The van der Waals surface area contributed by atoms with Crippen LogP contribution in [0.2, 0.25) is 0 Å². The monoisotopic (exact) mass is 206 g/mol. The topological polar surface area (TPSA) is 0 Å². The molecule has 0 atom stereocenters. The maximum absolute atomic E-state index is 2.27. The third kappa shape index (κ3) is 1.38. The van der Waals surface area contributed by atoms with Crippen LogP contribution < -0.4 is 0 Å². The number of aryl methyl sites for hydroxylation is 2. The minimum atomic E-state index is 1.32. The molecular formula is C16H14. The Bertz CT molecular complexity index is 618. The highest BCUT2D eigenvalue weighted by Crippen LogP contribution is 2.25. The van der Waals surface area contributed by atoms with Gasteiger partial charge in [-0.25, -0.2) is 0 Å². The van der Waals surface area contributed by atoms with Crippen LogP contribution in [0.1, 0.15) is 11.1 Å². The standard InChI is InChI=1S/C16H14/c1-11-7-15-9-13-5-3-4-6-14(13)10-16(15)8-12(11)2/h3-10H,1-2H3. The van der Waals surface area contributed by atoms with Gasteiger partial charge >= 0.3 is 0 Å². The lowest BCUT2D eigenvalue weighted by molar-refractivity contribution is 1.37. The molecule has 0 amide bonds. The number of benzene rings is 3. The number of hydrogen-bond donors (Lipinski definition) is 0. The molecule has 0 fully saturated rings. The van der Waals surface area contributed by atoms with Gasteiger partial charge < -0.3 is 0 Å². The van der Waals surface area contributed by atoms with Crippen LogP contribution in [-0.4, -0.2) is 0 Å². The lowest BCUT2D eigenvalue weighted by Gasteiger charge is -2.06. The van der Waals surface area contributed by atoms with E-state index in [4.69, 9.17) is 0 Å². The van der Waals surface area contributed by atoms with Crippen molar-refractivity contribution in [2.24, 2.45) is 0 Å². The Kier molecular flexibility index (Phi) is 1.97. The van der Waals surface area contributed by atoms with Gasteiger partial charge in [-0.2, -0.15) is 0 Å². The number of hydrogen-bond acceptors (Lipinski definition) is 0. The predicted octanol–water partition coefficient (Wildman–Crippen LogP) is 4.61. The fourth-order valence-electron chi connectivity index (χ4n) is 2.22. The second kappa shape index (κ2) is 3.34. The largest absolute Gasteiger partial charge is 0.0616 e. The van der Waals surface area contributed by atoms with Gasteiger partial charge in [0.15, 0.2) is 0 Å². The molecule has 0 heteroatoms. The van der Waals surface area contributed by atoms with Gasteiger partial charge in [0.25, 0.3) is 0 Å². The Morgan fingerprint density at radius 1 is 0.562 bits per heavy atom. The van der Waals surface area contributed by atoms with Crippen molar-refractivity contribution in [3.8, 4) is 0 Å². The third-order valence-corrected chi connectivity index (χ3v) is 3.32. The molecule has 0 nitrogen and oxygen atoms in total. The molecule has 78 valence electrons. The van der Waals surface area contributed by atoms with Gasteiger partial charge in [-0.15, -0.1) is 0 Å². The van der Waals surface area contributed by atoms with Crippen LogP contribution in [0, 0.1) is 13.8 Å². The summed E-state index contributed by atoms with van der Waals surface area (Å²) in [5, 5.41) is 5.31. The van der Waals surface area contributed by atoms with E-state index < -0.39 is 0 Å². The summed E-state index contributed by atoms with van der Waals surface area (Å²) in [5.74, 6) is 0. The van der Waals surface area contributed by atoms with Crippen molar-refractivity contribution in [2.45, 2.75) is 13.8 Å². The maximum Gasteiger partial charge on any atom is -0.0175 e. The molecule has 0 aliphatic carbocycles. The third-order valence-electron chi connectivity index (χ3n) is 3.32. The normalized spacial score (nSPS) is 11.1. The zero-order chi connectivity index (χ0) is 11.1. The molecule has 0 radical (unpaired) electrons. The van der Waals surface area contributed by atoms with Crippen molar-refractivity contribution in [3.05, 3.63) is 59.7 Å². The predicted molar refractivity (Wildman–Crippen MR) is 70.9 cm³/mol. The molecule has 0 aromatic heterocycles. The fraction of sp³-hybridized carbons (Fsp3) is 0.125. The van der Waals surface area contributed by atoms with E-state index in [0.29, 0.717) is 0 Å². The first-order chi connectivity index (χ1) is 7.74. The van der Waals surface area contributed by atoms with Crippen LogP contribution in [0.15, 0.2) is 48.5 Å². The van der Waals surface area contributed by atoms with Crippen molar-refractivity contribution in [3.63, 3.8) is 0 Å². The molecule has 0 aliphatic heterocycles. The zero-order valence-corrected chi connectivity index (χ0v) is 9.62. The molecule has 0 spiro atoms. The van der Waals surface area contributed by atoms with Crippen molar-refractivity contribution in [2.75, 3.05) is 0 Å². The minimum absolute atomic E-state index is 1.32. The Morgan fingerprint density at radius 3 is 1.44 bits per heavy atom. The van der Waals surface area contributed by atoms with E-state index in [1.54, 1.807) is 0 Å². The van der Waals surface area contributed by atoms with Crippen LogP contribution >= 0.6 is 0 Å².